The fourth-order valence-corrected chi connectivity index (χ4v) is 2.02. The Kier molecular flexibility index (Phi) is 5.49. The second kappa shape index (κ2) is 6.66. The van der Waals surface area contributed by atoms with Gasteiger partial charge < -0.3 is 15.0 Å². The maximum absolute atomic E-state index is 12.2. The molecule has 2 atom stereocenters. The molecule has 0 bridgehead atoms. The van der Waals surface area contributed by atoms with Gasteiger partial charge >= 0.3 is 0 Å². The van der Waals surface area contributed by atoms with Gasteiger partial charge in [-0.3, -0.25) is 4.79 Å². The first-order valence-corrected chi connectivity index (χ1v) is 5.80. The minimum absolute atomic E-state index is 0.108. The number of methoxy groups -OCH3 is 1. The van der Waals surface area contributed by atoms with Gasteiger partial charge in [-0.1, -0.05) is 13.0 Å². The summed E-state index contributed by atoms with van der Waals surface area (Å²) >= 11 is 0. The second-order valence-electron chi connectivity index (χ2n) is 4.31. The van der Waals surface area contributed by atoms with E-state index in [2.05, 4.69) is 18.8 Å². The van der Waals surface area contributed by atoms with Gasteiger partial charge in [0.25, 0.3) is 0 Å². The number of carbonyl (C=O) groups excluding carboxylic acids is 1. The molecule has 0 saturated carbocycles. The maximum atomic E-state index is 12.2. The highest BCUT2D eigenvalue weighted by Gasteiger charge is 2.32. The smallest absolute Gasteiger partial charge is 0.227 e. The minimum Gasteiger partial charge on any atom is -0.383 e. The fraction of sp³-hybridized carbons (Fsp3) is 0.750. The normalized spacial score (nSPS) is 24.4. The number of nitrogens with zero attached hydrogens (tertiary/aromatic N) is 1. The average molecular weight is 226 g/mol. The first kappa shape index (κ1) is 13.2. The maximum Gasteiger partial charge on any atom is 0.227 e. The van der Waals surface area contributed by atoms with E-state index in [1.165, 1.54) is 0 Å². The Labute approximate surface area is 97.6 Å². The summed E-state index contributed by atoms with van der Waals surface area (Å²) in [6.07, 6.45) is 1.76. The van der Waals surface area contributed by atoms with Crippen molar-refractivity contribution in [2.24, 2.45) is 11.8 Å². The lowest BCUT2D eigenvalue weighted by molar-refractivity contribution is -0.136. The Bertz CT molecular complexity index is 243. The number of ether oxygens (including phenoxy) is 1. The van der Waals surface area contributed by atoms with E-state index in [1.807, 2.05) is 4.90 Å². The highest BCUT2D eigenvalue weighted by atomic mass is 16.5. The molecule has 1 aliphatic rings. The first-order valence-electron chi connectivity index (χ1n) is 5.80. The van der Waals surface area contributed by atoms with Crippen molar-refractivity contribution in [3.63, 3.8) is 0 Å². The molecule has 1 N–H and O–H groups in total. The molecule has 1 rings (SSSR count). The van der Waals surface area contributed by atoms with E-state index in [0.717, 1.165) is 13.1 Å². The van der Waals surface area contributed by atoms with Crippen molar-refractivity contribution in [3.8, 4) is 0 Å². The van der Waals surface area contributed by atoms with E-state index in [-0.39, 0.29) is 11.8 Å². The van der Waals surface area contributed by atoms with Crippen LogP contribution in [0.25, 0.3) is 0 Å². The van der Waals surface area contributed by atoms with Crippen molar-refractivity contribution >= 4 is 5.91 Å². The highest BCUT2D eigenvalue weighted by molar-refractivity contribution is 5.80. The minimum atomic E-state index is 0.108. The van der Waals surface area contributed by atoms with E-state index in [4.69, 9.17) is 4.74 Å². The molecule has 2 unspecified atom stereocenters. The Morgan fingerprint density at radius 3 is 2.88 bits per heavy atom. The van der Waals surface area contributed by atoms with Crippen LogP contribution < -0.4 is 5.32 Å². The number of hydrogen-bond acceptors (Lipinski definition) is 3. The predicted octanol–water partition coefficient (Wildman–Crippen LogP) is 0.503. The number of hydrogen-bond donors (Lipinski definition) is 1. The van der Waals surface area contributed by atoms with Crippen LogP contribution in [0.4, 0.5) is 0 Å². The van der Waals surface area contributed by atoms with Crippen molar-refractivity contribution < 1.29 is 9.53 Å². The predicted molar refractivity (Wildman–Crippen MR) is 64.2 cm³/mol. The van der Waals surface area contributed by atoms with Gasteiger partial charge in [0.15, 0.2) is 0 Å². The topological polar surface area (TPSA) is 41.6 Å². The molecule has 92 valence electrons. The van der Waals surface area contributed by atoms with Gasteiger partial charge in [-0.25, -0.2) is 0 Å². The summed E-state index contributed by atoms with van der Waals surface area (Å²) in [5.74, 6) is 0.744. The summed E-state index contributed by atoms with van der Waals surface area (Å²) in [6.45, 7) is 9.35. The van der Waals surface area contributed by atoms with Crippen LogP contribution in [0.2, 0.25) is 0 Å². The van der Waals surface area contributed by atoms with Crippen molar-refractivity contribution in [1.82, 2.24) is 10.2 Å². The molecule has 0 spiro atoms. The van der Waals surface area contributed by atoms with Crippen molar-refractivity contribution in [2.75, 3.05) is 39.9 Å². The van der Waals surface area contributed by atoms with Crippen LogP contribution in [-0.2, 0) is 9.53 Å². The van der Waals surface area contributed by atoms with Crippen LogP contribution in [-0.4, -0.2) is 50.7 Å². The number of amides is 1. The number of nitrogens with one attached hydrogen (secondary N) is 1. The summed E-state index contributed by atoms with van der Waals surface area (Å²) in [5.41, 5.74) is 0. The second-order valence-corrected chi connectivity index (χ2v) is 4.31. The van der Waals surface area contributed by atoms with Crippen molar-refractivity contribution in [2.45, 2.75) is 6.92 Å². The van der Waals surface area contributed by atoms with Gasteiger partial charge in [-0.2, -0.15) is 0 Å². The van der Waals surface area contributed by atoms with Crippen LogP contribution in [0.1, 0.15) is 6.92 Å². The average Bonchev–Trinajstić information content (AvgIpc) is 2.69. The number of carbonyl (C=O) groups is 1. The third-order valence-corrected chi connectivity index (χ3v) is 3.06. The van der Waals surface area contributed by atoms with E-state index in [1.54, 1.807) is 13.2 Å². The molecular weight excluding hydrogens is 204 g/mol. The monoisotopic (exact) mass is 226 g/mol. The summed E-state index contributed by atoms with van der Waals surface area (Å²) in [7, 11) is 1.65. The molecule has 4 nitrogen and oxygen atoms in total. The lowest BCUT2D eigenvalue weighted by Gasteiger charge is -2.25. The van der Waals surface area contributed by atoms with Gasteiger partial charge in [-0.05, 0) is 12.5 Å². The Balaban J connectivity index is 2.54. The summed E-state index contributed by atoms with van der Waals surface area (Å²) in [5, 5.41) is 3.25. The molecule has 4 heteroatoms. The molecule has 0 aromatic rings. The van der Waals surface area contributed by atoms with E-state index in [9.17, 15) is 4.79 Å². The molecular formula is C12H22N2O2. The number of rotatable bonds is 6. The van der Waals surface area contributed by atoms with E-state index < -0.39 is 0 Å². The molecule has 1 heterocycles. The zero-order valence-electron chi connectivity index (χ0n) is 10.2. The molecule has 1 aliphatic heterocycles. The van der Waals surface area contributed by atoms with Crippen LogP contribution in [0.15, 0.2) is 12.7 Å². The lowest BCUT2D eigenvalue weighted by Crippen LogP contribution is -2.40. The Morgan fingerprint density at radius 1 is 1.62 bits per heavy atom. The molecule has 16 heavy (non-hydrogen) atoms. The van der Waals surface area contributed by atoms with Crippen molar-refractivity contribution in [1.29, 1.82) is 0 Å². The molecule has 0 aromatic carbocycles. The highest BCUT2D eigenvalue weighted by Crippen LogP contribution is 2.18. The zero-order valence-corrected chi connectivity index (χ0v) is 10.2. The molecule has 0 aliphatic carbocycles. The van der Waals surface area contributed by atoms with Crippen molar-refractivity contribution in [3.05, 3.63) is 12.7 Å². The SMILES string of the molecule is C=CCN(CCOC)C(=O)C1CNCC1C. The quantitative estimate of drug-likeness (QED) is 0.671. The van der Waals surface area contributed by atoms with Gasteiger partial charge in [0.1, 0.15) is 0 Å². The van der Waals surface area contributed by atoms with Crippen LogP contribution in [0.5, 0.6) is 0 Å². The third-order valence-electron chi connectivity index (χ3n) is 3.06. The Hall–Kier alpha value is -0.870. The first-order chi connectivity index (χ1) is 7.70. The molecule has 1 amide bonds. The standard InChI is InChI=1S/C12H22N2O2/c1-4-5-14(6-7-16-3)12(15)11-9-13-8-10(11)2/h4,10-11,13H,1,5-9H2,2-3H3. The van der Waals surface area contributed by atoms with Crippen LogP contribution >= 0.6 is 0 Å². The summed E-state index contributed by atoms with van der Waals surface area (Å²) in [6, 6.07) is 0. The van der Waals surface area contributed by atoms with Gasteiger partial charge in [0.05, 0.1) is 12.5 Å². The van der Waals surface area contributed by atoms with Gasteiger partial charge in [-0.15, -0.1) is 6.58 Å². The van der Waals surface area contributed by atoms with E-state index >= 15 is 0 Å². The summed E-state index contributed by atoms with van der Waals surface area (Å²) in [4.78, 5) is 14.1. The molecule has 1 saturated heterocycles. The molecule has 1 fully saturated rings. The zero-order chi connectivity index (χ0) is 12.0. The van der Waals surface area contributed by atoms with E-state index in [0.29, 0.717) is 25.6 Å². The van der Waals surface area contributed by atoms with Crippen LogP contribution in [0, 0.1) is 11.8 Å². The third kappa shape index (κ3) is 3.32. The molecule has 0 aromatic heterocycles. The van der Waals surface area contributed by atoms with Crippen LogP contribution in [0.3, 0.4) is 0 Å². The molecule has 0 radical (unpaired) electrons. The largest absolute Gasteiger partial charge is 0.383 e. The summed E-state index contributed by atoms with van der Waals surface area (Å²) < 4.78 is 5.01. The lowest BCUT2D eigenvalue weighted by atomic mass is 9.96. The fourth-order valence-electron chi connectivity index (χ4n) is 2.02. The Morgan fingerprint density at radius 2 is 2.38 bits per heavy atom. The van der Waals surface area contributed by atoms with Gasteiger partial charge in [0, 0.05) is 26.7 Å². The van der Waals surface area contributed by atoms with Gasteiger partial charge in [0.2, 0.25) is 5.91 Å².